The molecule has 5 nitrogen and oxygen atoms in total. The fourth-order valence-corrected chi connectivity index (χ4v) is 2.74. The zero-order chi connectivity index (χ0) is 15.4. The molecule has 0 fully saturated rings. The summed E-state index contributed by atoms with van der Waals surface area (Å²) in [5, 5.41) is 7.22. The molecule has 0 spiro atoms. The molecule has 1 aromatic carbocycles. The minimum Gasteiger partial charge on any atom is -0.354 e. The van der Waals surface area contributed by atoms with Crippen molar-refractivity contribution >= 4 is 5.91 Å². The molecule has 0 aliphatic heterocycles. The molecule has 1 aromatic heterocycles. The van der Waals surface area contributed by atoms with Crippen molar-refractivity contribution in [2.45, 2.75) is 32.2 Å². The average Bonchev–Trinajstić information content (AvgIpc) is 2.95. The summed E-state index contributed by atoms with van der Waals surface area (Å²) in [6, 6.07) is 11.3. The number of hydrogen-bond donors (Lipinski definition) is 1. The zero-order valence-electron chi connectivity index (χ0n) is 12.4. The van der Waals surface area contributed by atoms with Gasteiger partial charge in [0.25, 0.3) is 5.56 Å². The van der Waals surface area contributed by atoms with E-state index in [4.69, 9.17) is 0 Å². The number of carbonyl (C=O) groups excluding carboxylic acids is 1. The van der Waals surface area contributed by atoms with Crippen LogP contribution in [0.5, 0.6) is 0 Å². The Morgan fingerprint density at radius 3 is 2.86 bits per heavy atom. The van der Waals surface area contributed by atoms with E-state index in [9.17, 15) is 9.59 Å². The molecular formula is C17H19N3O2. The normalized spacial score (nSPS) is 12.9. The fraction of sp³-hybridized carbons (Fsp3) is 0.353. The predicted octanol–water partition coefficient (Wildman–Crippen LogP) is 1.09. The van der Waals surface area contributed by atoms with Gasteiger partial charge in [0.15, 0.2) is 0 Å². The van der Waals surface area contributed by atoms with Gasteiger partial charge in [0.05, 0.1) is 18.7 Å². The molecule has 1 aliphatic carbocycles. The Bertz CT molecular complexity index is 722. The van der Waals surface area contributed by atoms with Crippen LogP contribution < -0.4 is 10.9 Å². The summed E-state index contributed by atoms with van der Waals surface area (Å²) in [4.78, 5) is 23.8. The third-order valence-electron chi connectivity index (χ3n) is 3.88. The highest BCUT2D eigenvalue weighted by Gasteiger charge is 2.14. The molecule has 0 atom stereocenters. The van der Waals surface area contributed by atoms with Gasteiger partial charge in [-0.1, -0.05) is 30.3 Å². The second-order valence-corrected chi connectivity index (χ2v) is 5.54. The maximum Gasteiger partial charge on any atom is 0.267 e. The van der Waals surface area contributed by atoms with E-state index in [0.29, 0.717) is 19.5 Å². The summed E-state index contributed by atoms with van der Waals surface area (Å²) in [5.74, 6) is -0.0413. The van der Waals surface area contributed by atoms with Crippen LogP contribution in [0.25, 0.3) is 0 Å². The number of aromatic nitrogens is 2. The molecule has 22 heavy (non-hydrogen) atoms. The van der Waals surface area contributed by atoms with Crippen LogP contribution in [0, 0.1) is 0 Å². The SMILES string of the molecule is O=C(Cc1ccccc1)NCCn1nc2c(cc1=O)CCC2. The summed E-state index contributed by atoms with van der Waals surface area (Å²) in [7, 11) is 0. The first kappa shape index (κ1) is 14.5. The van der Waals surface area contributed by atoms with E-state index < -0.39 is 0 Å². The van der Waals surface area contributed by atoms with E-state index in [1.165, 1.54) is 4.68 Å². The minimum atomic E-state index is -0.0852. The van der Waals surface area contributed by atoms with Crippen molar-refractivity contribution in [2.24, 2.45) is 0 Å². The van der Waals surface area contributed by atoms with Gasteiger partial charge in [-0.05, 0) is 30.4 Å². The van der Waals surface area contributed by atoms with Crippen molar-refractivity contribution in [3.8, 4) is 0 Å². The van der Waals surface area contributed by atoms with Crippen molar-refractivity contribution in [2.75, 3.05) is 6.54 Å². The highest BCUT2D eigenvalue weighted by molar-refractivity contribution is 5.78. The lowest BCUT2D eigenvalue weighted by Gasteiger charge is -2.08. The van der Waals surface area contributed by atoms with Crippen LogP contribution in [0.4, 0.5) is 0 Å². The van der Waals surface area contributed by atoms with E-state index in [1.807, 2.05) is 30.3 Å². The summed E-state index contributed by atoms with van der Waals surface area (Å²) in [5.41, 5.74) is 3.00. The summed E-state index contributed by atoms with van der Waals surface area (Å²) in [6.45, 7) is 0.823. The Morgan fingerprint density at radius 1 is 1.23 bits per heavy atom. The van der Waals surface area contributed by atoms with Crippen molar-refractivity contribution in [3.63, 3.8) is 0 Å². The maximum absolute atomic E-state index is 11.9. The third kappa shape index (κ3) is 3.42. The largest absolute Gasteiger partial charge is 0.354 e. The quantitative estimate of drug-likeness (QED) is 0.898. The number of benzene rings is 1. The molecule has 114 valence electrons. The molecule has 0 bridgehead atoms. The van der Waals surface area contributed by atoms with Crippen LogP contribution in [0.3, 0.4) is 0 Å². The summed E-state index contributed by atoms with van der Waals surface area (Å²) >= 11 is 0. The first-order valence-corrected chi connectivity index (χ1v) is 7.63. The molecule has 5 heteroatoms. The highest BCUT2D eigenvalue weighted by atomic mass is 16.1. The maximum atomic E-state index is 11.9. The van der Waals surface area contributed by atoms with Gasteiger partial charge in [-0.3, -0.25) is 9.59 Å². The molecule has 0 unspecified atom stereocenters. The Balaban J connectivity index is 1.53. The van der Waals surface area contributed by atoms with Gasteiger partial charge in [-0.15, -0.1) is 0 Å². The van der Waals surface area contributed by atoms with Crippen LogP contribution in [0.1, 0.15) is 23.2 Å². The summed E-state index contributed by atoms with van der Waals surface area (Å²) in [6.07, 6.45) is 3.31. The van der Waals surface area contributed by atoms with E-state index in [1.54, 1.807) is 6.07 Å². The number of rotatable bonds is 5. The molecule has 1 N–H and O–H groups in total. The number of carbonyl (C=O) groups is 1. The molecule has 3 rings (SSSR count). The van der Waals surface area contributed by atoms with E-state index >= 15 is 0 Å². The molecule has 1 heterocycles. The smallest absolute Gasteiger partial charge is 0.267 e. The van der Waals surface area contributed by atoms with Gasteiger partial charge in [-0.2, -0.15) is 5.10 Å². The second-order valence-electron chi connectivity index (χ2n) is 5.54. The highest BCUT2D eigenvalue weighted by Crippen LogP contribution is 2.16. The van der Waals surface area contributed by atoms with Crippen LogP contribution in [-0.2, 0) is 30.6 Å². The molecule has 0 saturated carbocycles. The van der Waals surface area contributed by atoms with Crippen molar-refractivity contribution in [3.05, 3.63) is 63.6 Å². The van der Waals surface area contributed by atoms with Crippen molar-refractivity contribution in [1.29, 1.82) is 0 Å². The van der Waals surface area contributed by atoms with E-state index in [0.717, 1.165) is 36.1 Å². The number of nitrogens with zero attached hydrogens (tertiary/aromatic N) is 2. The first-order valence-electron chi connectivity index (χ1n) is 7.63. The number of fused-ring (bicyclic) bond motifs is 1. The Morgan fingerprint density at radius 2 is 2.05 bits per heavy atom. The Hall–Kier alpha value is -2.43. The van der Waals surface area contributed by atoms with Crippen molar-refractivity contribution < 1.29 is 4.79 Å². The lowest BCUT2D eigenvalue weighted by atomic mass is 10.1. The standard InChI is InChI=1S/C17H19N3O2/c21-16(11-13-5-2-1-3-6-13)18-9-10-20-17(22)12-14-7-4-8-15(14)19-20/h1-3,5-6,12H,4,7-11H2,(H,18,21). The zero-order valence-corrected chi connectivity index (χ0v) is 12.4. The molecule has 0 radical (unpaired) electrons. The fourth-order valence-electron chi connectivity index (χ4n) is 2.74. The number of amides is 1. The van der Waals surface area contributed by atoms with Gasteiger partial charge in [0.2, 0.25) is 5.91 Å². The van der Waals surface area contributed by atoms with Crippen LogP contribution in [0.15, 0.2) is 41.2 Å². The van der Waals surface area contributed by atoms with E-state index in [2.05, 4.69) is 10.4 Å². The van der Waals surface area contributed by atoms with Gasteiger partial charge < -0.3 is 5.32 Å². The molecule has 2 aromatic rings. The topological polar surface area (TPSA) is 64.0 Å². The number of nitrogens with one attached hydrogen (secondary N) is 1. The molecule has 1 aliphatic rings. The number of aryl methyl sites for hydroxylation is 2. The summed E-state index contributed by atoms with van der Waals surface area (Å²) < 4.78 is 1.45. The molecule has 1 amide bonds. The van der Waals surface area contributed by atoms with Crippen LogP contribution >= 0.6 is 0 Å². The van der Waals surface area contributed by atoms with Gasteiger partial charge >= 0.3 is 0 Å². The van der Waals surface area contributed by atoms with Crippen molar-refractivity contribution in [1.82, 2.24) is 15.1 Å². The lowest BCUT2D eigenvalue weighted by Crippen LogP contribution is -2.33. The first-order chi connectivity index (χ1) is 10.7. The van der Waals surface area contributed by atoms with Gasteiger partial charge in [0.1, 0.15) is 0 Å². The molecule has 0 saturated heterocycles. The second kappa shape index (κ2) is 6.56. The lowest BCUT2D eigenvalue weighted by molar-refractivity contribution is -0.120. The third-order valence-corrected chi connectivity index (χ3v) is 3.88. The van der Waals surface area contributed by atoms with E-state index in [-0.39, 0.29) is 11.5 Å². The van der Waals surface area contributed by atoms with Crippen LogP contribution in [0.2, 0.25) is 0 Å². The predicted molar refractivity (Wildman–Crippen MR) is 83.7 cm³/mol. The molecular weight excluding hydrogens is 278 g/mol. The minimum absolute atomic E-state index is 0.0413. The van der Waals surface area contributed by atoms with Gasteiger partial charge in [0, 0.05) is 12.6 Å². The Labute approximate surface area is 129 Å². The number of hydrogen-bond acceptors (Lipinski definition) is 3. The van der Waals surface area contributed by atoms with Crippen LogP contribution in [-0.4, -0.2) is 22.2 Å². The Kier molecular flexibility index (Phi) is 4.32. The monoisotopic (exact) mass is 297 g/mol. The average molecular weight is 297 g/mol. The van der Waals surface area contributed by atoms with Gasteiger partial charge in [-0.25, -0.2) is 4.68 Å².